The average molecular weight is 161 g/mol. The summed E-state index contributed by atoms with van der Waals surface area (Å²) in [5.74, 6) is -13.8. The van der Waals surface area contributed by atoms with E-state index in [1.54, 1.807) is 0 Å². The van der Waals surface area contributed by atoms with Crippen LogP contribution in [0.15, 0.2) is 0 Å². The maximum atomic E-state index is 11.7. The van der Waals surface area contributed by atoms with Crippen LogP contribution in [0.3, 0.4) is 0 Å². The van der Waals surface area contributed by atoms with E-state index in [4.69, 9.17) is 0 Å². The van der Waals surface area contributed by atoms with Crippen LogP contribution in [-0.2, 0) is 5.11 Å². The maximum Gasteiger partial charge on any atom is 0.370 e. The Bertz CT molecular complexity index is 147. The minimum absolute atomic E-state index is 1.94. The van der Waals surface area contributed by atoms with Crippen LogP contribution < -0.4 is 0 Å². The lowest BCUT2D eigenvalue weighted by atomic mass is 9.83. The van der Waals surface area contributed by atoms with E-state index < -0.39 is 24.1 Å². The molecular formula is C4H2F5O. The molecule has 1 aliphatic rings. The molecule has 1 fully saturated rings. The molecule has 1 saturated carbocycles. The van der Waals surface area contributed by atoms with Gasteiger partial charge in [-0.25, -0.2) is 4.39 Å². The molecule has 59 valence electrons. The van der Waals surface area contributed by atoms with Crippen LogP contribution in [0.4, 0.5) is 22.0 Å². The van der Waals surface area contributed by atoms with Gasteiger partial charge < -0.3 is 0 Å². The highest BCUT2D eigenvalue weighted by Crippen LogP contribution is 2.58. The lowest BCUT2D eigenvalue weighted by Gasteiger charge is -2.42. The number of rotatable bonds is 0. The fourth-order valence-corrected chi connectivity index (χ4v) is 0.674. The van der Waals surface area contributed by atoms with Crippen LogP contribution >= 0.6 is 0 Å². The third-order valence-corrected chi connectivity index (χ3v) is 1.38. The lowest BCUT2D eigenvalue weighted by Crippen LogP contribution is -2.68. The summed E-state index contributed by atoms with van der Waals surface area (Å²) < 4.78 is 58.2. The summed E-state index contributed by atoms with van der Waals surface area (Å²) in [5, 5.41) is 9.73. The highest BCUT2D eigenvalue weighted by Gasteiger charge is 2.83. The molecule has 0 spiro atoms. The van der Waals surface area contributed by atoms with Gasteiger partial charge >= 0.3 is 17.7 Å². The first-order chi connectivity index (χ1) is 4.21. The Morgan fingerprint density at radius 2 is 1.40 bits per heavy atom. The smallest absolute Gasteiger partial charge is 0.202 e. The van der Waals surface area contributed by atoms with E-state index in [0.717, 1.165) is 0 Å². The lowest BCUT2D eigenvalue weighted by molar-refractivity contribution is -0.437. The van der Waals surface area contributed by atoms with Gasteiger partial charge in [-0.2, -0.15) is 22.7 Å². The minimum Gasteiger partial charge on any atom is -0.202 e. The molecule has 0 saturated heterocycles. The molecule has 0 bridgehead atoms. The van der Waals surface area contributed by atoms with E-state index in [2.05, 4.69) is 0 Å². The number of hydrogen-bond donors (Lipinski definition) is 0. The van der Waals surface area contributed by atoms with Crippen molar-refractivity contribution in [3.05, 3.63) is 0 Å². The van der Waals surface area contributed by atoms with Crippen LogP contribution in [0.25, 0.3) is 0 Å². The molecule has 0 aromatic rings. The second kappa shape index (κ2) is 1.44. The van der Waals surface area contributed by atoms with Gasteiger partial charge in [-0.1, -0.05) is 0 Å². The van der Waals surface area contributed by atoms with E-state index in [9.17, 15) is 27.1 Å². The standard InChI is InChI=1S/C4H2F5O/c5-2(6)1-3(7,10)4(2,8)9/h1H2. The molecule has 1 nitrogen and oxygen atoms in total. The van der Waals surface area contributed by atoms with Crippen LogP contribution in [0.2, 0.25) is 0 Å². The van der Waals surface area contributed by atoms with Crippen LogP contribution in [0, 0.1) is 0 Å². The Labute approximate surface area is 52.5 Å². The molecule has 1 atom stereocenters. The van der Waals surface area contributed by atoms with Gasteiger partial charge in [-0.3, -0.25) is 0 Å². The van der Waals surface area contributed by atoms with Gasteiger partial charge in [0.25, 0.3) is 0 Å². The van der Waals surface area contributed by atoms with E-state index >= 15 is 0 Å². The fourth-order valence-electron chi connectivity index (χ4n) is 0.674. The first-order valence-electron chi connectivity index (χ1n) is 2.36. The van der Waals surface area contributed by atoms with Crippen molar-refractivity contribution in [2.24, 2.45) is 0 Å². The summed E-state index contributed by atoms with van der Waals surface area (Å²) in [6.45, 7) is 0. The van der Waals surface area contributed by atoms with E-state index in [1.165, 1.54) is 0 Å². The molecule has 0 aromatic heterocycles. The monoisotopic (exact) mass is 161 g/mol. The SMILES string of the molecule is [O]C1(F)CC(F)(F)C1(F)F. The van der Waals surface area contributed by atoms with Crippen molar-refractivity contribution < 1.29 is 27.1 Å². The molecule has 0 N–H and O–H groups in total. The van der Waals surface area contributed by atoms with Crippen molar-refractivity contribution in [3.8, 4) is 0 Å². The second-order valence-corrected chi connectivity index (χ2v) is 2.18. The Morgan fingerprint density at radius 1 is 1.00 bits per heavy atom. The molecule has 1 aliphatic carbocycles. The summed E-state index contributed by atoms with van der Waals surface area (Å²) in [5.41, 5.74) is 0. The number of hydrogen-bond acceptors (Lipinski definition) is 0. The van der Waals surface area contributed by atoms with Gasteiger partial charge in [-0.15, -0.1) is 0 Å². The van der Waals surface area contributed by atoms with Crippen molar-refractivity contribution in [1.82, 2.24) is 0 Å². The van der Waals surface area contributed by atoms with Gasteiger partial charge in [0.05, 0.1) is 6.42 Å². The highest BCUT2D eigenvalue weighted by atomic mass is 19.3. The zero-order chi connectivity index (χ0) is 8.21. The van der Waals surface area contributed by atoms with Crippen LogP contribution in [0.1, 0.15) is 6.42 Å². The number of alkyl halides is 5. The maximum absolute atomic E-state index is 11.7. The van der Waals surface area contributed by atoms with Crippen LogP contribution in [-0.4, -0.2) is 17.7 Å². The first kappa shape index (κ1) is 7.71. The minimum atomic E-state index is -5.04. The van der Waals surface area contributed by atoms with E-state index in [0.29, 0.717) is 0 Å². The molecule has 1 radical (unpaired) electrons. The third-order valence-electron chi connectivity index (χ3n) is 1.38. The molecule has 1 rings (SSSR count). The summed E-state index contributed by atoms with van der Waals surface area (Å²) in [7, 11) is 0. The predicted octanol–water partition coefficient (Wildman–Crippen LogP) is 1.76. The zero-order valence-electron chi connectivity index (χ0n) is 4.51. The van der Waals surface area contributed by atoms with Gasteiger partial charge in [0, 0.05) is 0 Å². The Kier molecular flexibility index (Phi) is 1.11. The number of halogens is 5. The van der Waals surface area contributed by atoms with Gasteiger partial charge in [0.2, 0.25) is 0 Å². The van der Waals surface area contributed by atoms with E-state index in [1.807, 2.05) is 0 Å². The molecule has 0 aliphatic heterocycles. The summed E-state index contributed by atoms with van der Waals surface area (Å²) in [6, 6.07) is 0. The Balaban J connectivity index is 2.85. The topological polar surface area (TPSA) is 19.9 Å². The van der Waals surface area contributed by atoms with Crippen molar-refractivity contribution in [3.63, 3.8) is 0 Å². The molecule has 0 heterocycles. The predicted molar refractivity (Wildman–Crippen MR) is 19.0 cm³/mol. The summed E-state index contributed by atoms with van der Waals surface area (Å²) >= 11 is 0. The van der Waals surface area contributed by atoms with Crippen LogP contribution in [0.5, 0.6) is 0 Å². The largest absolute Gasteiger partial charge is 0.370 e. The molecule has 10 heavy (non-hydrogen) atoms. The molecule has 0 amide bonds. The second-order valence-electron chi connectivity index (χ2n) is 2.18. The van der Waals surface area contributed by atoms with Crippen molar-refractivity contribution in [1.29, 1.82) is 0 Å². The highest BCUT2D eigenvalue weighted by molar-refractivity contribution is 5.08. The first-order valence-corrected chi connectivity index (χ1v) is 2.36. The Morgan fingerprint density at radius 3 is 1.40 bits per heavy atom. The Hall–Kier alpha value is -0.390. The summed E-state index contributed by atoms with van der Waals surface area (Å²) in [4.78, 5) is 0. The van der Waals surface area contributed by atoms with Gasteiger partial charge in [0.15, 0.2) is 0 Å². The quantitative estimate of drug-likeness (QED) is 0.482. The van der Waals surface area contributed by atoms with Crippen molar-refractivity contribution >= 4 is 0 Å². The summed E-state index contributed by atoms with van der Waals surface area (Å²) in [6.07, 6.45) is -1.94. The molecule has 0 aromatic carbocycles. The molecular weight excluding hydrogens is 159 g/mol. The average Bonchev–Trinajstić information content (AvgIpc) is 1.61. The zero-order valence-corrected chi connectivity index (χ0v) is 4.51. The van der Waals surface area contributed by atoms with Crippen molar-refractivity contribution in [2.75, 3.05) is 0 Å². The normalized spacial score (nSPS) is 42.6. The third kappa shape index (κ3) is 0.596. The molecule has 6 heteroatoms. The van der Waals surface area contributed by atoms with Gasteiger partial charge in [-0.05, 0) is 0 Å². The van der Waals surface area contributed by atoms with E-state index in [-0.39, 0.29) is 0 Å². The van der Waals surface area contributed by atoms with Crippen molar-refractivity contribution in [2.45, 2.75) is 24.1 Å². The fraction of sp³-hybridized carbons (Fsp3) is 1.00. The molecule has 1 unspecified atom stereocenters. The van der Waals surface area contributed by atoms with Gasteiger partial charge in [0.1, 0.15) is 0 Å².